The molecule has 0 spiro atoms. The van der Waals surface area contributed by atoms with Crippen LogP contribution in [-0.2, 0) is 4.79 Å². The van der Waals surface area contributed by atoms with Crippen molar-refractivity contribution in [2.75, 3.05) is 0 Å². The SMILES string of the molecule is CC(C)NC(=O)C=[N+]=[N-]. The summed E-state index contributed by atoms with van der Waals surface area (Å²) in [5.41, 5.74) is 7.86. The van der Waals surface area contributed by atoms with Crippen molar-refractivity contribution in [1.29, 1.82) is 0 Å². The molecule has 0 aromatic heterocycles. The predicted molar refractivity (Wildman–Crippen MR) is 33.0 cm³/mol. The molecule has 0 bridgehead atoms. The van der Waals surface area contributed by atoms with Crippen LogP contribution in [0.5, 0.6) is 0 Å². The molecule has 0 aliphatic carbocycles. The number of nitrogens with one attached hydrogen (secondary N) is 1. The Hall–Kier alpha value is -1.15. The fourth-order valence-corrected chi connectivity index (χ4v) is 0.374. The van der Waals surface area contributed by atoms with Crippen molar-refractivity contribution in [2.24, 2.45) is 0 Å². The van der Waals surface area contributed by atoms with Crippen LogP contribution < -0.4 is 5.32 Å². The Labute approximate surface area is 53.5 Å². The van der Waals surface area contributed by atoms with Gasteiger partial charge < -0.3 is 10.8 Å². The second-order valence-corrected chi connectivity index (χ2v) is 1.91. The largest absolute Gasteiger partial charge is 0.361 e. The highest BCUT2D eigenvalue weighted by atomic mass is 16.1. The molecule has 0 saturated heterocycles. The van der Waals surface area contributed by atoms with Gasteiger partial charge in [-0.3, -0.25) is 4.79 Å². The maximum Gasteiger partial charge on any atom is 0.344 e. The second kappa shape index (κ2) is 3.80. The summed E-state index contributed by atoms with van der Waals surface area (Å²) in [6, 6.07) is 0.0792. The van der Waals surface area contributed by atoms with Crippen LogP contribution in [0.2, 0.25) is 0 Å². The van der Waals surface area contributed by atoms with Gasteiger partial charge in [-0.1, -0.05) is 0 Å². The Kier molecular flexibility index (Phi) is 3.32. The lowest BCUT2D eigenvalue weighted by atomic mass is 10.4. The van der Waals surface area contributed by atoms with Gasteiger partial charge in [0.2, 0.25) is 0 Å². The lowest BCUT2D eigenvalue weighted by molar-refractivity contribution is -0.118. The molecule has 50 valence electrons. The highest BCUT2D eigenvalue weighted by Crippen LogP contribution is 1.72. The summed E-state index contributed by atoms with van der Waals surface area (Å²) >= 11 is 0. The minimum absolute atomic E-state index is 0.0792. The van der Waals surface area contributed by atoms with Gasteiger partial charge in [0.15, 0.2) is 0 Å². The van der Waals surface area contributed by atoms with Crippen LogP contribution in [0.4, 0.5) is 0 Å². The minimum Gasteiger partial charge on any atom is -0.361 e. The molecule has 4 heteroatoms. The molecule has 0 aliphatic rings. The van der Waals surface area contributed by atoms with Gasteiger partial charge in [0.1, 0.15) is 0 Å². The van der Waals surface area contributed by atoms with Crippen molar-refractivity contribution >= 4 is 12.1 Å². The zero-order valence-electron chi connectivity index (χ0n) is 5.46. The van der Waals surface area contributed by atoms with Crippen LogP contribution >= 0.6 is 0 Å². The lowest BCUT2D eigenvalue weighted by Crippen LogP contribution is -2.30. The van der Waals surface area contributed by atoms with E-state index in [0.717, 1.165) is 6.21 Å². The topological polar surface area (TPSA) is 65.5 Å². The summed E-state index contributed by atoms with van der Waals surface area (Å²) in [4.78, 5) is 13.0. The van der Waals surface area contributed by atoms with Gasteiger partial charge in [0, 0.05) is 6.04 Å². The van der Waals surface area contributed by atoms with E-state index in [1.54, 1.807) is 0 Å². The summed E-state index contributed by atoms with van der Waals surface area (Å²) < 4.78 is 0. The summed E-state index contributed by atoms with van der Waals surface area (Å²) in [5.74, 6) is -0.382. The van der Waals surface area contributed by atoms with Crippen molar-refractivity contribution in [1.82, 2.24) is 5.32 Å². The zero-order valence-corrected chi connectivity index (χ0v) is 5.46. The van der Waals surface area contributed by atoms with Gasteiger partial charge in [-0.2, -0.15) is 4.79 Å². The molecule has 0 heterocycles. The van der Waals surface area contributed by atoms with Crippen LogP contribution in [0.3, 0.4) is 0 Å². The Balaban J connectivity index is 3.64. The number of rotatable bonds is 2. The Morgan fingerprint density at radius 3 is 2.67 bits per heavy atom. The van der Waals surface area contributed by atoms with Crippen LogP contribution in [0.1, 0.15) is 13.8 Å². The molecule has 0 aromatic rings. The number of hydrogen-bond acceptors (Lipinski definition) is 1. The average Bonchev–Trinajstić information content (AvgIpc) is 1.63. The van der Waals surface area contributed by atoms with E-state index in [4.69, 9.17) is 5.53 Å². The van der Waals surface area contributed by atoms with E-state index in [9.17, 15) is 4.79 Å². The molecule has 0 unspecified atom stereocenters. The normalized spacial score (nSPS) is 8.33. The summed E-state index contributed by atoms with van der Waals surface area (Å²) in [7, 11) is 0. The molecule has 0 aromatic carbocycles. The molecule has 1 N–H and O–H groups in total. The van der Waals surface area contributed by atoms with Crippen molar-refractivity contribution in [3.63, 3.8) is 0 Å². The van der Waals surface area contributed by atoms with E-state index in [2.05, 4.69) is 10.1 Å². The number of carbonyl (C=O) groups excluding carboxylic acids is 1. The second-order valence-electron chi connectivity index (χ2n) is 1.91. The monoisotopic (exact) mass is 127 g/mol. The van der Waals surface area contributed by atoms with Crippen LogP contribution in [0.15, 0.2) is 0 Å². The molecule has 0 rings (SSSR count). The first-order valence-corrected chi connectivity index (χ1v) is 2.64. The van der Waals surface area contributed by atoms with Gasteiger partial charge in [-0.25, -0.2) is 0 Å². The molecule has 0 saturated carbocycles. The van der Waals surface area contributed by atoms with Crippen LogP contribution in [0, 0.1) is 0 Å². The van der Waals surface area contributed by atoms with E-state index in [0.29, 0.717) is 0 Å². The van der Waals surface area contributed by atoms with E-state index in [-0.39, 0.29) is 11.9 Å². The third-order valence-electron chi connectivity index (χ3n) is 0.606. The van der Waals surface area contributed by atoms with E-state index >= 15 is 0 Å². The summed E-state index contributed by atoms with van der Waals surface area (Å²) in [6.45, 7) is 3.65. The van der Waals surface area contributed by atoms with E-state index < -0.39 is 0 Å². The fraction of sp³-hybridized carbons (Fsp3) is 0.600. The molecular weight excluding hydrogens is 118 g/mol. The third-order valence-corrected chi connectivity index (χ3v) is 0.606. The van der Waals surface area contributed by atoms with Gasteiger partial charge in [0.05, 0.1) is 0 Å². The smallest absolute Gasteiger partial charge is 0.344 e. The number of amides is 1. The number of carbonyl (C=O) groups is 1. The number of nitrogens with zero attached hydrogens (tertiary/aromatic N) is 2. The summed E-state index contributed by atoms with van der Waals surface area (Å²) in [5, 5.41) is 2.50. The molecule has 0 fully saturated rings. The van der Waals surface area contributed by atoms with Crippen molar-refractivity contribution in [3.05, 3.63) is 5.53 Å². The van der Waals surface area contributed by atoms with Crippen molar-refractivity contribution in [3.8, 4) is 0 Å². The third kappa shape index (κ3) is 4.71. The molecule has 1 amide bonds. The molecule has 9 heavy (non-hydrogen) atoms. The van der Waals surface area contributed by atoms with E-state index in [1.165, 1.54) is 0 Å². The minimum atomic E-state index is -0.382. The maximum absolute atomic E-state index is 10.4. The Morgan fingerprint density at radius 2 is 2.33 bits per heavy atom. The lowest BCUT2D eigenvalue weighted by Gasteiger charge is -2.00. The van der Waals surface area contributed by atoms with Gasteiger partial charge in [0.25, 0.3) is 0 Å². The van der Waals surface area contributed by atoms with Gasteiger partial charge >= 0.3 is 12.1 Å². The molecule has 0 aliphatic heterocycles. The van der Waals surface area contributed by atoms with Gasteiger partial charge in [-0.05, 0) is 13.8 Å². The first-order chi connectivity index (χ1) is 4.16. The molecule has 4 nitrogen and oxygen atoms in total. The van der Waals surface area contributed by atoms with Crippen LogP contribution in [-0.4, -0.2) is 23.0 Å². The molecule has 0 radical (unpaired) electrons. The molecular formula is C5H9N3O. The predicted octanol–water partition coefficient (Wildman–Crippen LogP) is -0.188. The number of hydrogen-bond donors (Lipinski definition) is 1. The Bertz CT molecular complexity index is 146. The highest BCUT2D eigenvalue weighted by molar-refractivity contribution is 6.23. The highest BCUT2D eigenvalue weighted by Gasteiger charge is 2.01. The first kappa shape index (κ1) is 7.85. The maximum atomic E-state index is 10.4. The molecule has 0 atom stereocenters. The standard InChI is InChI=1S/C5H9N3O/c1-4(2)8-5(9)3-7-6/h3-4H,1-2H3,(H,8,9). The van der Waals surface area contributed by atoms with Crippen molar-refractivity contribution < 1.29 is 9.58 Å². The Morgan fingerprint density at radius 1 is 1.78 bits per heavy atom. The van der Waals surface area contributed by atoms with Crippen LogP contribution in [0.25, 0.3) is 5.53 Å². The quantitative estimate of drug-likeness (QED) is 0.312. The van der Waals surface area contributed by atoms with Gasteiger partial charge in [-0.15, -0.1) is 0 Å². The average molecular weight is 127 g/mol. The first-order valence-electron chi connectivity index (χ1n) is 2.64. The summed E-state index contributed by atoms with van der Waals surface area (Å²) in [6.07, 6.45) is 0.819. The van der Waals surface area contributed by atoms with Crippen molar-refractivity contribution in [2.45, 2.75) is 19.9 Å². The van der Waals surface area contributed by atoms with E-state index in [1.807, 2.05) is 13.8 Å². The zero-order chi connectivity index (χ0) is 7.28. The fourth-order valence-electron chi connectivity index (χ4n) is 0.374.